The number of hydrogen-bond acceptors (Lipinski definition) is 2. The second-order valence-corrected chi connectivity index (χ2v) is 6.95. The molecule has 0 unspecified atom stereocenters. The van der Waals surface area contributed by atoms with Crippen molar-refractivity contribution in [3.63, 3.8) is 0 Å². The van der Waals surface area contributed by atoms with Gasteiger partial charge in [-0.3, -0.25) is 4.79 Å². The van der Waals surface area contributed by atoms with Crippen molar-refractivity contribution in [1.82, 2.24) is 5.32 Å². The number of carbonyl (C=O) groups excluding carboxylic acids is 1. The third-order valence-corrected chi connectivity index (χ3v) is 3.98. The van der Waals surface area contributed by atoms with E-state index in [0.717, 1.165) is 6.42 Å². The number of benzene rings is 2. The zero-order valence-corrected chi connectivity index (χ0v) is 14.3. The van der Waals surface area contributed by atoms with E-state index in [2.05, 4.69) is 50.4 Å². The second kappa shape index (κ2) is 6.86. The average molecular weight is 311 g/mol. The largest absolute Gasteiger partial charge is 0.508 e. The highest BCUT2D eigenvalue weighted by molar-refractivity contribution is 5.94. The zero-order chi connectivity index (χ0) is 17.0. The first kappa shape index (κ1) is 17.1. The van der Waals surface area contributed by atoms with Gasteiger partial charge in [0.1, 0.15) is 5.75 Å². The standard InChI is InChI=1S/C20H25NO2/c1-14-13-16(7-10-18(14)22)19(23)21-12-11-15-5-8-17(9-6-15)20(2,3)4/h5-10,13,22H,11-12H2,1-4H3,(H,21,23). The van der Waals surface area contributed by atoms with Crippen molar-refractivity contribution in [3.8, 4) is 5.75 Å². The van der Waals surface area contributed by atoms with Crippen LogP contribution in [0.2, 0.25) is 0 Å². The van der Waals surface area contributed by atoms with Gasteiger partial charge in [-0.25, -0.2) is 0 Å². The van der Waals surface area contributed by atoms with Gasteiger partial charge in [0.05, 0.1) is 0 Å². The van der Waals surface area contributed by atoms with Crippen molar-refractivity contribution in [2.45, 2.75) is 39.5 Å². The van der Waals surface area contributed by atoms with Gasteiger partial charge in [0.2, 0.25) is 0 Å². The summed E-state index contributed by atoms with van der Waals surface area (Å²) in [6.07, 6.45) is 0.799. The summed E-state index contributed by atoms with van der Waals surface area (Å²) in [4.78, 5) is 12.1. The smallest absolute Gasteiger partial charge is 0.251 e. The van der Waals surface area contributed by atoms with Crippen molar-refractivity contribution in [2.24, 2.45) is 0 Å². The fraction of sp³-hybridized carbons (Fsp3) is 0.350. The Balaban J connectivity index is 1.89. The first-order valence-electron chi connectivity index (χ1n) is 7.94. The monoisotopic (exact) mass is 311 g/mol. The van der Waals surface area contributed by atoms with E-state index in [1.54, 1.807) is 25.1 Å². The Kier molecular flexibility index (Phi) is 5.09. The zero-order valence-electron chi connectivity index (χ0n) is 14.3. The molecule has 0 spiro atoms. The van der Waals surface area contributed by atoms with Gasteiger partial charge >= 0.3 is 0 Å². The van der Waals surface area contributed by atoms with Crippen molar-refractivity contribution < 1.29 is 9.90 Å². The van der Waals surface area contributed by atoms with Crippen LogP contribution < -0.4 is 5.32 Å². The molecule has 0 radical (unpaired) electrons. The summed E-state index contributed by atoms with van der Waals surface area (Å²) < 4.78 is 0. The number of amides is 1. The van der Waals surface area contributed by atoms with Crippen LogP contribution in [0.3, 0.4) is 0 Å². The second-order valence-electron chi connectivity index (χ2n) is 6.95. The molecular formula is C20H25NO2. The van der Waals surface area contributed by atoms with E-state index >= 15 is 0 Å². The Morgan fingerprint density at radius 2 is 1.74 bits per heavy atom. The van der Waals surface area contributed by atoms with Gasteiger partial charge in [0.15, 0.2) is 0 Å². The third kappa shape index (κ3) is 4.59. The van der Waals surface area contributed by atoms with Gasteiger partial charge in [-0.05, 0) is 53.6 Å². The highest BCUT2D eigenvalue weighted by atomic mass is 16.3. The fourth-order valence-electron chi connectivity index (χ4n) is 2.39. The van der Waals surface area contributed by atoms with Gasteiger partial charge in [0.25, 0.3) is 5.91 Å². The summed E-state index contributed by atoms with van der Waals surface area (Å²) in [6.45, 7) is 8.96. The topological polar surface area (TPSA) is 49.3 Å². The number of aromatic hydroxyl groups is 1. The minimum absolute atomic E-state index is 0.112. The first-order valence-corrected chi connectivity index (χ1v) is 7.94. The molecular weight excluding hydrogens is 286 g/mol. The maximum absolute atomic E-state index is 12.1. The van der Waals surface area contributed by atoms with Crippen LogP contribution in [-0.2, 0) is 11.8 Å². The molecule has 0 saturated heterocycles. The minimum Gasteiger partial charge on any atom is -0.508 e. The Hall–Kier alpha value is -2.29. The molecule has 3 heteroatoms. The van der Waals surface area contributed by atoms with E-state index in [1.807, 2.05) is 0 Å². The van der Waals surface area contributed by atoms with E-state index in [9.17, 15) is 9.90 Å². The van der Waals surface area contributed by atoms with E-state index in [0.29, 0.717) is 17.7 Å². The van der Waals surface area contributed by atoms with Gasteiger partial charge in [0, 0.05) is 12.1 Å². The maximum Gasteiger partial charge on any atom is 0.251 e. The van der Waals surface area contributed by atoms with Crippen LogP contribution >= 0.6 is 0 Å². The lowest BCUT2D eigenvalue weighted by atomic mass is 9.86. The molecule has 122 valence electrons. The Bertz CT molecular complexity index is 682. The molecule has 2 aromatic carbocycles. The van der Waals surface area contributed by atoms with Crippen molar-refractivity contribution >= 4 is 5.91 Å². The molecule has 0 aliphatic rings. The minimum atomic E-state index is -0.112. The third-order valence-electron chi connectivity index (χ3n) is 3.98. The first-order chi connectivity index (χ1) is 10.8. The summed E-state index contributed by atoms with van der Waals surface area (Å²) in [6, 6.07) is 13.4. The van der Waals surface area contributed by atoms with E-state index in [-0.39, 0.29) is 17.1 Å². The SMILES string of the molecule is Cc1cc(C(=O)NCCc2ccc(C(C)(C)C)cc2)ccc1O. The Labute approximate surface area is 138 Å². The Morgan fingerprint density at radius 3 is 2.30 bits per heavy atom. The van der Waals surface area contributed by atoms with Crippen LogP contribution in [-0.4, -0.2) is 17.6 Å². The highest BCUT2D eigenvalue weighted by Gasteiger charge is 2.12. The molecule has 0 fully saturated rings. The number of nitrogens with one attached hydrogen (secondary N) is 1. The number of hydrogen-bond donors (Lipinski definition) is 2. The molecule has 2 N–H and O–H groups in total. The van der Waals surface area contributed by atoms with Crippen LogP contribution in [0.15, 0.2) is 42.5 Å². The number of aryl methyl sites for hydroxylation is 1. The molecule has 3 nitrogen and oxygen atoms in total. The molecule has 0 saturated carbocycles. The van der Waals surface area contributed by atoms with Crippen LogP contribution in [0.4, 0.5) is 0 Å². The van der Waals surface area contributed by atoms with Gasteiger partial charge in [-0.1, -0.05) is 45.0 Å². The number of carbonyl (C=O) groups is 1. The molecule has 0 atom stereocenters. The molecule has 0 heterocycles. The van der Waals surface area contributed by atoms with Crippen LogP contribution in [0.5, 0.6) is 5.75 Å². The van der Waals surface area contributed by atoms with Gasteiger partial charge in [-0.15, -0.1) is 0 Å². The lowest BCUT2D eigenvalue weighted by Crippen LogP contribution is -2.25. The molecule has 23 heavy (non-hydrogen) atoms. The van der Waals surface area contributed by atoms with Crippen molar-refractivity contribution in [2.75, 3.05) is 6.54 Å². The lowest BCUT2D eigenvalue weighted by Gasteiger charge is -2.19. The fourth-order valence-corrected chi connectivity index (χ4v) is 2.39. The summed E-state index contributed by atoms with van der Waals surface area (Å²) in [7, 11) is 0. The quantitative estimate of drug-likeness (QED) is 0.897. The molecule has 2 aromatic rings. The number of phenolic OH excluding ortho intramolecular Hbond substituents is 1. The predicted molar refractivity (Wildman–Crippen MR) is 94.0 cm³/mol. The van der Waals surface area contributed by atoms with Crippen molar-refractivity contribution in [3.05, 3.63) is 64.7 Å². The summed E-state index contributed by atoms with van der Waals surface area (Å²) in [5, 5.41) is 12.4. The predicted octanol–water partition coefficient (Wildman–Crippen LogP) is 3.97. The van der Waals surface area contributed by atoms with E-state index in [4.69, 9.17) is 0 Å². The molecule has 0 aliphatic heterocycles. The summed E-state index contributed by atoms with van der Waals surface area (Å²) in [5.74, 6) is 0.0971. The van der Waals surface area contributed by atoms with Crippen molar-refractivity contribution in [1.29, 1.82) is 0 Å². The van der Waals surface area contributed by atoms with Crippen LogP contribution in [0, 0.1) is 6.92 Å². The normalized spacial score (nSPS) is 11.3. The van der Waals surface area contributed by atoms with Crippen LogP contribution in [0.1, 0.15) is 47.8 Å². The molecule has 0 aliphatic carbocycles. The van der Waals surface area contributed by atoms with E-state index in [1.165, 1.54) is 11.1 Å². The molecule has 2 rings (SSSR count). The van der Waals surface area contributed by atoms with Crippen LogP contribution in [0.25, 0.3) is 0 Å². The molecule has 0 aromatic heterocycles. The number of rotatable bonds is 4. The summed E-state index contributed by atoms with van der Waals surface area (Å²) in [5.41, 5.74) is 3.95. The lowest BCUT2D eigenvalue weighted by molar-refractivity contribution is 0.0954. The summed E-state index contributed by atoms with van der Waals surface area (Å²) >= 11 is 0. The van der Waals surface area contributed by atoms with E-state index < -0.39 is 0 Å². The number of phenols is 1. The van der Waals surface area contributed by atoms with Gasteiger partial charge in [-0.2, -0.15) is 0 Å². The molecule has 1 amide bonds. The average Bonchev–Trinajstić information content (AvgIpc) is 2.49. The Morgan fingerprint density at radius 1 is 1.09 bits per heavy atom. The maximum atomic E-state index is 12.1. The molecule has 0 bridgehead atoms. The van der Waals surface area contributed by atoms with Gasteiger partial charge < -0.3 is 10.4 Å². The highest BCUT2D eigenvalue weighted by Crippen LogP contribution is 2.22.